The first-order chi connectivity index (χ1) is 13.8. The van der Waals surface area contributed by atoms with Crippen LogP contribution in [-0.4, -0.2) is 6.61 Å². The van der Waals surface area contributed by atoms with Gasteiger partial charge >= 0.3 is 0 Å². The zero-order chi connectivity index (χ0) is 19.6. The minimum absolute atomic E-state index is 0.618. The molecule has 0 N–H and O–H groups in total. The molecule has 0 heterocycles. The van der Waals surface area contributed by atoms with Gasteiger partial charge in [-0.2, -0.15) is 5.26 Å². The van der Waals surface area contributed by atoms with E-state index in [-0.39, 0.29) is 0 Å². The van der Waals surface area contributed by atoms with Gasteiger partial charge in [-0.15, -0.1) is 0 Å². The van der Waals surface area contributed by atoms with Crippen LogP contribution in [0.3, 0.4) is 0 Å². The molecule has 1 aliphatic rings. The number of hydrogen-bond donors (Lipinski definition) is 0. The summed E-state index contributed by atoms with van der Waals surface area (Å²) in [5.41, 5.74) is 4.26. The third-order valence-corrected chi connectivity index (χ3v) is 5.79. The van der Waals surface area contributed by atoms with Gasteiger partial charge in [0.15, 0.2) is 0 Å². The number of unbranched alkanes of at least 4 members (excludes halogenated alkanes) is 2. The van der Waals surface area contributed by atoms with Crippen molar-refractivity contribution in [2.75, 3.05) is 6.61 Å². The SMILES string of the molecule is CCCCCOc1ccc(-c2ccc(CCC3CC[CH]CC3)cc2)cc1C#N. The van der Waals surface area contributed by atoms with Crippen molar-refractivity contribution in [2.45, 2.75) is 64.7 Å². The number of benzene rings is 2. The van der Waals surface area contributed by atoms with Crippen LogP contribution in [0.25, 0.3) is 11.1 Å². The van der Waals surface area contributed by atoms with Gasteiger partial charge in [-0.1, -0.05) is 62.9 Å². The fraction of sp³-hybridized carbons (Fsp3) is 0.462. The maximum atomic E-state index is 9.50. The van der Waals surface area contributed by atoms with Gasteiger partial charge in [0, 0.05) is 0 Å². The number of rotatable bonds is 9. The van der Waals surface area contributed by atoms with Gasteiger partial charge in [0.1, 0.15) is 11.8 Å². The van der Waals surface area contributed by atoms with Crippen molar-refractivity contribution in [3.05, 3.63) is 60.0 Å². The van der Waals surface area contributed by atoms with Crippen LogP contribution in [0, 0.1) is 23.7 Å². The van der Waals surface area contributed by atoms with Crippen LogP contribution in [-0.2, 0) is 6.42 Å². The van der Waals surface area contributed by atoms with E-state index in [0.717, 1.165) is 29.9 Å². The maximum absolute atomic E-state index is 9.50. The molecule has 0 atom stereocenters. The number of ether oxygens (including phenoxy) is 1. The van der Waals surface area contributed by atoms with Crippen LogP contribution in [0.4, 0.5) is 0 Å². The molecule has 0 aliphatic heterocycles. The zero-order valence-electron chi connectivity index (χ0n) is 17.1. The Hall–Kier alpha value is -2.27. The standard InChI is InChI=1S/C26H32NO/c1-2-3-7-18-28-26-17-16-24(19-25(26)20-27)23-14-12-22(13-15-23)11-10-21-8-5-4-6-9-21/h4,12-17,19,21H,2-3,5-11,18H2,1H3. The topological polar surface area (TPSA) is 33.0 Å². The quantitative estimate of drug-likeness (QED) is 0.438. The zero-order valence-corrected chi connectivity index (χ0v) is 17.1. The lowest BCUT2D eigenvalue weighted by atomic mass is 9.85. The number of nitrogens with zero attached hydrogens (tertiary/aromatic N) is 1. The molecule has 1 radical (unpaired) electrons. The second kappa shape index (κ2) is 10.9. The highest BCUT2D eigenvalue weighted by molar-refractivity contribution is 5.67. The lowest BCUT2D eigenvalue weighted by molar-refractivity contribution is 0.305. The number of hydrogen-bond acceptors (Lipinski definition) is 2. The molecule has 1 aliphatic carbocycles. The monoisotopic (exact) mass is 374 g/mol. The number of nitriles is 1. The average Bonchev–Trinajstić information content (AvgIpc) is 2.76. The molecule has 0 aromatic heterocycles. The molecule has 147 valence electrons. The Morgan fingerprint density at radius 1 is 1.00 bits per heavy atom. The Balaban J connectivity index is 1.60. The number of aryl methyl sites for hydroxylation is 1. The normalized spacial score (nSPS) is 14.6. The van der Waals surface area contributed by atoms with E-state index >= 15 is 0 Å². The van der Waals surface area contributed by atoms with E-state index in [0.29, 0.717) is 17.9 Å². The summed E-state index contributed by atoms with van der Waals surface area (Å²) in [5, 5.41) is 9.50. The molecule has 2 nitrogen and oxygen atoms in total. The van der Waals surface area contributed by atoms with Crippen LogP contribution >= 0.6 is 0 Å². The van der Waals surface area contributed by atoms with Crippen molar-refractivity contribution in [1.82, 2.24) is 0 Å². The van der Waals surface area contributed by atoms with Crippen molar-refractivity contribution >= 4 is 0 Å². The lowest BCUT2D eigenvalue weighted by Gasteiger charge is -2.21. The van der Waals surface area contributed by atoms with E-state index in [9.17, 15) is 5.26 Å². The summed E-state index contributed by atoms with van der Waals surface area (Å²) < 4.78 is 5.80. The van der Waals surface area contributed by atoms with Gasteiger partial charge in [-0.25, -0.2) is 0 Å². The third kappa shape index (κ3) is 5.86. The highest BCUT2D eigenvalue weighted by Crippen LogP contribution is 2.29. The molecule has 2 aromatic carbocycles. The summed E-state index contributed by atoms with van der Waals surface area (Å²) in [5.74, 6) is 1.59. The highest BCUT2D eigenvalue weighted by Gasteiger charge is 2.13. The van der Waals surface area contributed by atoms with E-state index < -0.39 is 0 Å². The summed E-state index contributed by atoms with van der Waals surface area (Å²) in [6.07, 6.45) is 13.6. The van der Waals surface area contributed by atoms with Gasteiger partial charge in [0.25, 0.3) is 0 Å². The molecule has 2 aromatic rings. The van der Waals surface area contributed by atoms with E-state index in [4.69, 9.17) is 4.74 Å². The van der Waals surface area contributed by atoms with Crippen molar-refractivity contribution in [1.29, 1.82) is 5.26 Å². The van der Waals surface area contributed by atoms with Crippen LogP contribution in [0.15, 0.2) is 42.5 Å². The van der Waals surface area contributed by atoms with Gasteiger partial charge in [0.2, 0.25) is 0 Å². The first-order valence-corrected chi connectivity index (χ1v) is 10.9. The van der Waals surface area contributed by atoms with Crippen LogP contribution in [0.1, 0.15) is 69.4 Å². The molecule has 0 spiro atoms. The first-order valence-electron chi connectivity index (χ1n) is 10.9. The molecule has 0 amide bonds. The Kier molecular flexibility index (Phi) is 7.97. The molecular weight excluding hydrogens is 342 g/mol. The molecule has 0 saturated heterocycles. The summed E-state index contributed by atoms with van der Waals surface area (Å²) in [6, 6.07) is 17.1. The Bertz CT molecular complexity index is 766. The summed E-state index contributed by atoms with van der Waals surface area (Å²) in [4.78, 5) is 0. The minimum Gasteiger partial charge on any atom is -0.492 e. The van der Waals surface area contributed by atoms with Gasteiger partial charge in [0.05, 0.1) is 12.2 Å². The minimum atomic E-state index is 0.618. The second-order valence-corrected chi connectivity index (χ2v) is 7.92. The largest absolute Gasteiger partial charge is 0.492 e. The van der Waals surface area contributed by atoms with Crippen molar-refractivity contribution < 1.29 is 4.74 Å². The predicted octanol–water partition coefficient (Wildman–Crippen LogP) is 7.12. The van der Waals surface area contributed by atoms with Crippen molar-refractivity contribution in [2.24, 2.45) is 5.92 Å². The molecule has 0 unspecified atom stereocenters. The van der Waals surface area contributed by atoms with Crippen molar-refractivity contribution in [3.8, 4) is 22.9 Å². The Labute approximate surface area is 170 Å². The molecule has 2 heteroatoms. The molecule has 28 heavy (non-hydrogen) atoms. The van der Waals surface area contributed by atoms with Crippen molar-refractivity contribution in [3.63, 3.8) is 0 Å². The van der Waals surface area contributed by atoms with Gasteiger partial charge in [-0.05, 0) is 73.3 Å². The van der Waals surface area contributed by atoms with E-state index in [1.54, 1.807) is 0 Å². The van der Waals surface area contributed by atoms with Crippen LogP contribution < -0.4 is 4.74 Å². The fourth-order valence-electron chi connectivity index (χ4n) is 3.98. The highest BCUT2D eigenvalue weighted by atomic mass is 16.5. The Morgan fingerprint density at radius 2 is 1.75 bits per heavy atom. The predicted molar refractivity (Wildman–Crippen MR) is 116 cm³/mol. The maximum Gasteiger partial charge on any atom is 0.137 e. The van der Waals surface area contributed by atoms with E-state index in [1.807, 2.05) is 12.1 Å². The van der Waals surface area contributed by atoms with Gasteiger partial charge < -0.3 is 4.74 Å². The Morgan fingerprint density at radius 3 is 2.46 bits per heavy atom. The molecular formula is C26H32NO. The fourth-order valence-corrected chi connectivity index (χ4v) is 3.98. The summed E-state index contributed by atoms with van der Waals surface area (Å²) in [7, 11) is 0. The summed E-state index contributed by atoms with van der Waals surface area (Å²) in [6.45, 7) is 2.85. The molecule has 1 fully saturated rings. The van der Waals surface area contributed by atoms with Crippen LogP contribution in [0.5, 0.6) is 5.75 Å². The molecule has 0 bridgehead atoms. The molecule has 3 rings (SSSR count). The first kappa shape index (κ1) is 20.5. The smallest absolute Gasteiger partial charge is 0.137 e. The lowest BCUT2D eigenvalue weighted by Crippen LogP contribution is -2.07. The van der Waals surface area contributed by atoms with Gasteiger partial charge in [-0.3, -0.25) is 0 Å². The average molecular weight is 375 g/mol. The molecule has 1 saturated carbocycles. The summed E-state index contributed by atoms with van der Waals surface area (Å²) >= 11 is 0. The van der Waals surface area contributed by atoms with E-state index in [2.05, 4.69) is 49.7 Å². The van der Waals surface area contributed by atoms with E-state index in [1.165, 1.54) is 50.5 Å². The second-order valence-electron chi connectivity index (χ2n) is 7.92. The van der Waals surface area contributed by atoms with Crippen LogP contribution in [0.2, 0.25) is 0 Å². The third-order valence-electron chi connectivity index (χ3n) is 5.79.